The van der Waals surface area contributed by atoms with Crippen LogP contribution in [0.4, 0.5) is 14.5 Å². The van der Waals surface area contributed by atoms with Crippen molar-refractivity contribution in [1.29, 1.82) is 0 Å². The van der Waals surface area contributed by atoms with Gasteiger partial charge in [0.1, 0.15) is 17.3 Å². The third-order valence-electron chi connectivity index (χ3n) is 3.55. The molecule has 0 saturated carbocycles. The summed E-state index contributed by atoms with van der Waals surface area (Å²) >= 11 is 0. The summed E-state index contributed by atoms with van der Waals surface area (Å²) in [5.41, 5.74) is -0.286. The molecule has 0 unspecified atom stereocenters. The SMILES string of the molecule is CN1C(=O)c2ccc(C(=O)Nc3c(F)cccc3F)cc2C1=O. The molecule has 3 rings (SSSR count). The molecular weight excluding hydrogens is 306 g/mol. The number of amides is 3. The number of carbonyl (C=O) groups is 3. The normalized spacial score (nSPS) is 13.3. The van der Waals surface area contributed by atoms with Crippen molar-refractivity contribution < 1.29 is 23.2 Å². The Labute approximate surface area is 129 Å². The van der Waals surface area contributed by atoms with Gasteiger partial charge in [-0.2, -0.15) is 0 Å². The van der Waals surface area contributed by atoms with Crippen molar-refractivity contribution in [1.82, 2.24) is 4.90 Å². The van der Waals surface area contributed by atoms with Crippen LogP contribution in [0.3, 0.4) is 0 Å². The monoisotopic (exact) mass is 316 g/mol. The second-order valence-electron chi connectivity index (χ2n) is 4.98. The van der Waals surface area contributed by atoms with E-state index in [1.54, 1.807) is 0 Å². The lowest BCUT2D eigenvalue weighted by Crippen LogP contribution is -2.24. The smallest absolute Gasteiger partial charge is 0.261 e. The molecule has 5 nitrogen and oxygen atoms in total. The van der Waals surface area contributed by atoms with Crippen molar-refractivity contribution in [3.05, 3.63) is 64.7 Å². The number of rotatable bonds is 2. The highest BCUT2D eigenvalue weighted by atomic mass is 19.1. The molecule has 2 aromatic carbocycles. The second-order valence-corrected chi connectivity index (χ2v) is 4.98. The molecule has 7 heteroatoms. The molecule has 1 heterocycles. The first-order chi connectivity index (χ1) is 10.9. The maximum Gasteiger partial charge on any atom is 0.261 e. The zero-order valence-electron chi connectivity index (χ0n) is 11.9. The molecular formula is C16H10F2N2O3. The van der Waals surface area contributed by atoms with E-state index in [4.69, 9.17) is 0 Å². The van der Waals surface area contributed by atoms with Crippen LogP contribution in [0.15, 0.2) is 36.4 Å². The lowest BCUT2D eigenvalue weighted by atomic mass is 10.1. The van der Waals surface area contributed by atoms with Crippen LogP contribution < -0.4 is 5.32 Å². The van der Waals surface area contributed by atoms with E-state index in [0.717, 1.165) is 17.0 Å². The summed E-state index contributed by atoms with van der Waals surface area (Å²) in [6.45, 7) is 0. The fraction of sp³-hybridized carbons (Fsp3) is 0.0625. The third-order valence-corrected chi connectivity index (χ3v) is 3.55. The van der Waals surface area contributed by atoms with Crippen molar-refractivity contribution >= 4 is 23.4 Å². The van der Waals surface area contributed by atoms with Gasteiger partial charge in [0.25, 0.3) is 17.7 Å². The van der Waals surface area contributed by atoms with E-state index in [-0.39, 0.29) is 16.7 Å². The molecule has 0 aromatic heterocycles. The van der Waals surface area contributed by atoms with Gasteiger partial charge in [0.05, 0.1) is 11.1 Å². The van der Waals surface area contributed by atoms with Crippen LogP contribution in [-0.4, -0.2) is 29.7 Å². The van der Waals surface area contributed by atoms with Crippen LogP contribution in [0.2, 0.25) is 0 Å². The number of nitrogens with one attached hydrogen (secondary N) is 1. The summed E-state index contributed by atoms with van der Waals surface area (Å²) in [6, 6.07) is 7.09. The molecule has 1 aliphatic rings. The first-order valence-corrected chi connectivity index (χ1v) is 6.62. The first-order valence-electron chi connectivity index (χ1n) is 6.62. The van der Waals surface area contributed by atoms with Crippen molar-refractivity contribution in [3.63, 3.8) is 0 Å². The summed E-state index contributed by atoms with van der Waals surface area (Å²) in [4.78, 5) is 36.7. The number of para-hydroxylation sites is 1. The maximum absolute atomic E-state index is 13.6. The Balaban J connectivity index is 1.93. The van der Waals surface area contributed by atoms with Gasteiger partial charge in [-0.3, -0.25) is 19.3 Å². The number of fused-ring (bicyclic) bond motifs is 1. The number of hydrogen-bond donors (Lipinski definition) is 1. The molecule has 1 N–H and O–H groups in total. The van der Waals surface area contributed by atoms with Gasteiger partial charge in [-0.1, -0.05) is 6.07 Å². The van der Waals surface area contributed by atoms with Gasteiger partial charge in [0.2, 0.25) is 0 Å². The lowest BCUT2D eigenvalue weighted by molar-refractivity contribution is 0.0693. The van der Waals surface area contributed by atoms with Gasteiger partial charge in [-0.25, -0.2) is 8.78 Å². The predicted molar refractivity (Wildman–Crippen MR) is 77.2 cm³/mol. The number of imide groups is 1. The summed E-state index contributed by atoms with van der Waals surface area (Å²) in [7, 11) is 1.33. The van der Waals surface area contributed by atoms with Crippen LogP contribution in [0.5, 0.6) is 0 Å². The minimum absolute atomic E-state index is 0.0165. The molecule has 0 atom stereocenters. The molecule has 0 saturated heterocycles. The van der Waals surface area contributed by atoms with Crippen molar-refractivity contribution in [2.24, 2.45) is 0 Å². The molecule has 116 valence electrons. The zero-order chi connectivity index (χ0) is 16.7. The highest BCUT2D eigenvalue weighted by Gasteiger charge is 2.33. The van der Waals surface area contributed by atoms with Crippen molar-refractivity contribution in [3.8, 4) is 0 Å². The molecule has 0 fully saturated rings. The summed E-state index contributed by atoms with van der Waals surface area (Å²) in [5, 5.41) is 2.12. The number of hydrogen-bond acceptors (Lipinski definition) is 3. The van der Waals surface area contributed by atoms with Gasteiger partial charge < -0.3 is 5.32 Å². The summed E-state index contributed by atoms with van der Waals surface area (Å²) in [5.74, 6) is -3.60. The van der Waals surface area contributed by atoms with E-state index in [2.05, 4.69) is 5.32 Å². The van der Waals surface area contributed by atoms with E-state index in [1.165, 1.54) is 31.3 Å². The van der Waals surface area contributed by atoms with E-state index in [1.807, 2.05) is 0 Å². The van der Waals surface area contributed by atoms with E-state index >= 15 is 0 Å². The molecule has 3 amide bonds. The Hall–Kier alpha value is -3.09. The highest BCUT2D eigenvalue weighted by molar-refractivity contribution is 6.22. The fourth-order valence-electron chi connectivity index (χ4n) is 2.31. The minimum Gasteiger partial charge on any atom is -0.317 e. The Bertz CT molecular complexity index is 844. The number of benzene rings is 2. The van der Waals surface area contributed by atoms with E-state index < -0.39 is 35.0 Å². The average Bonchev–Trinajstić information content (AvgIpc) is 2.75. The van der Waals surface area contributed by atoms with Gasteiger partial charge in [-0.15, -0.1) is 0 Å². The fourth-order valence-corrected chi connectivity index (χ4v) is 2.31. The minimum atomic E-state index is -0.912. The summed E-state index contributed by atoms with van der Waals surface area (Å²) < 4.78 is 27.1. The van der Waals surface area contributed by atoms with Crippen molar-refractivity contribution in [2.45, 2.75) is 0 Å². The lowest BCUT2D eigenvalue weighted by Gasteiger charge is -2.08. The largest absolute Gasteiger partial charge is 0.317 e. The average molecular weight is 316 g/mol. The Morgan fingerprint density at radius 3 is 2.26 bits per heavy atom. The van der Waals surface area contributed by atoms with Gasteiger partial charge in [-0.05, 0) is 30.3 Å². The maximum atomic E-state index is 13.6. The summed E-state index contributed by atoms with van der Waals surface area (Å²) in [6.07, 6.45) is 0. The standard InChI is InChI=1S/C16H10F2N2O3/c1-20-15(22)9-6-5-8(7-10(9)16(20)23)14(21)19-13-11(17)3-2-4-12(13)18/h2-7H,1H3,(H,19,21). The molecule has 0 aliphatic carbocycles. The van der Waals surface area contributed by atoms with Gasteiger partial charge in [0, 0.05) is 12.6 Å². The Morgan fingerprint density at radius 2 is 1.61 bits per heavy atom. The van der Waals surface area contributed by atoms with Crippen LogP contribution in [0.25, 0.3) is 0 Å². The number of nitrogens with zero attached hydrogens (tertiary/aromatic N) is 1. The van der Waals surface area contributed by atoms with Gasteiger partial charge >= 0.3 is 0 Å². The van der Waals surface area contributed by atoms with Crippen LogP contribution in [-0.2, 0) is 0 Å². The van der Waals surface area contributed by atoms with Gasteiger partial charge in [0.15, 0.2) is 0 Å². The quantitative estimate of drug-likeness (QED) is 0.865. The topological polar surface area (TPSA) is 66.5 Å². The molecule has 1 aliphatic heterocycles. The molecule has 23 heavy (non-hydrogen) atoms. The predicted octanol–water partition coefficient (Wildman–Crippen LogP) is 2.44. The first kappa shape index (κ1) is 14.8. The molecule has 0 bridgehead atoms. The number of halogens is 2. The molecule has 0 radical (unpaired) electrons. The zero-order valence-corrected chi connectivity index (χ0v) is 11.9. The Kier molecular flexibility index (Phi) is 3.40. The van der Waals surface area contributed by atoms with E-state index in [0.29, 0.717) is 0 Å². The number of carbonyl (C=O) groups excluding carboxylic acids is 3. The van der Waals surface area contributed by atoms with Crippen LogP contribution in [0.1, 0.15) is 31.1 Å². The van der Waals surface area contributed by atoms with Crippen LogP contribution in [0, 0.1) is 11.6 Å². The molecule has 0 spiro atoms. The Morgan fingerprint density at radius 1 is 1.00 bits per heavy atom. The number of anilines is 1. The van der Waals surface area contributed by atoms with Crippen molar-refractivity contribution in [2.75, 3.05) is 12.4 Å². The highest BCUT2D eigenvalue weighted by Crippen LogP contribution is 2.24. The third kappa shape index (κ3) is 2.36. The second kappa shape index (κ2) is 5.28. The van der Waals surface area contributed by atoms with E-state index in [9.17, 15) is 23.2 Å². The van der Waals surface area contributed by atoms with Crippen LogP contribution >= 0.6 is 0 Å². The molecule has 2 aromatic rings.